The normalized spacial score (nSPS) is 14.1. The smallest absolute Gasteiger partial charge is 0.351 e. The maximum absolute atomic E-state index is 13.5. The fourth-order valence-corrected chi connectivity index (χ4v) is 5.34. The first-order valence-corrected chi connectivity index (χ1v) is 15.1. The molecule has 0 bridgehead atoms. The minimum atomic E-state index is -1.08. The van der Waals surface area contributed by atoms with Crippen LogP contribution < -0.4 is 14.2 Å². The molecule has 7 heteroatoms. The van der Waals surface area contributed by atoms with E-state index in [1.807, 2.05) is 24.3 Å². The molecule has 222 valence electrons. The number of benzene rings is 3. The van der Waals surface area contributed by atoms with Gasteiger partial charge >= 0.3 is 17.9 Å². The summed E-state index contributed by atoms with van der Waals surface area (Å²) >= 11 is 0. The number of fused-ring (bicyclic) bond motifs is 1. The fraction of sp³-hybridized carbons (Fsp3) is 0.400. The molecule has 0 amide bonds. The Morgan fingerprint density at radius 2 is 1.48 bits per heavy atom. The predicted octanol–water partition coefficient (Wildman–Crippen LogP) is 8.15. The molecule has 1 aliphatic carbocycles. The van der Waals surface area contributed by atoms with Gasteiger partial charge in [-0.25, -0.2) is 9.59 Å². The molecule has 1 aliphatic rings. The summed E-state index contributed by atoms with van der Waals surface area (Å²) in [7, 11) is 0. The van der Waals surface area contributed by atoms with Crippen molar-refractivity contribution in [2.75, 3.05) is 6.61 Å². The molecule has 0 heterocycles. The van der Waals surface area contributed by atoms with Gasteiger partial charge in [0, 0.05) is 0 Å². The Balaban J connectivity index is 1.49. The Bertz CT molecular complexity index is 1350. The van der Waals surface area contributed by atoms with Gasteiger partial charge in [0.1, 0.15) is 22.8 Å². The van der Waals surface area contributed by atoms with Gasteiger partial charge in [0.05, 0.1) is 18.1 Å². The highest BCUT2D eigenvalue weighted by atomic mass is 16.6. The topological polar surface area (TPSA) is 99.1 Å². The largest absolute Gasteiger partial charge is 0.493 e. The van der Waals surface area contributed by atoms with Crippen molar-refractivity contribution in [3.63, 3.8) is 0 Å². The highest BCUT2D eigenvalue weighted by molar-refractivity contribution is 5.98. The summed E-state index contributed by atoms with van der Waals surface area (Å²) < 4.78 is 17.5. The first-order chi connectivity index (χ1) is 20.5. The summed E-state index contributed by atoms with van der Waals surface area (Å²) in [6.07, 6.45) is 11.7. The van der Waals surface area contributed by atoms with Crippen LogP contribution in [0.5, 0.6) is 17.2 Å². The number of unbranched alkanes of at least 4 members (excludes halogenated alkanes) is 7. The van der Waals surface area contributed by atoms with Gasteiger partial charge in [-0.2, -0.15) is 0 Å². The van der Waals surface area contributed by atoms with E-state index in [4.69, 9.17) is 14.2 Å². The lowest BCUT2D eigenvalue weighted by atomic mass is 9.83. The molecule has 4 rings (SSSR count). The highest BCUT2D eigenvalue weighted by Crippen LogP contribution is 2.35. The molecule has 0 aromatic heterocycles. The molecule has 0 aliphatic heterocycles. The lowest BCUT2D eigenvalue weighted by Crippen LogP contribution is -2.24. The third-order valence-corrected chi connectivity index (χ3v) is 7.62. The van der Waals surface area contributed by atoms with Crippen LogP contribution in [-0.2, 0) is 11.2 Å². The lowest BCUT2D eigenvalue weighted by Gasteiger charge is -2.24. The van der Waals surface area contributed by atoms with Crippen LogP contribution in [0.2, 0.25) is 0 Å². The van der Waals surface area contributed by atoms with Crippen molar-refractivity contribution in [1.82, 2.24) is 0 Å². The minimum Gasteiger partial charge on any atom is -0.493 e. The number of aryl methyl sites for hydroxylation is 1. The molecule has 1 N–H and O–H groups in total. The number of carbonyl (C=O) groups excluding carboxylic acids is 2. The fourth-order valence-electron chi connectivity index (χ4n) is 5.34. The van der Waals surface area contributed by atoms with Crippen molar-refractivity contribution < 1.29 is 33.7 Å². The quantitative estimate of drug-likeness (QED) is 0.111. The third kappa shape index (κ3) is 8.44. The molecule has 0 fully saturated rings. The van der Waals surface area contributed by atoms with Crippen molar-refractivity contribution in [2.24, 2.45) is 0 Å². The average Bonchev–Trinajstić information content (AvgIpc) is 3.00. The number of hydrogen-bond acceptors (Lipinski definition) is 6. The van der Waals surface area contributed by atoms with Crippen LogP contribution in [0.25, 0.3) is 0 Å². The number of esters is 2. The average molecular weight is 573 g/mol. The lowest BCUT2D eigenvalue weighted by molar-refractivity contribution is -0.136. The Morgan fingerprint density at radius 1 is 0.786 bits per heavy atom. The third-order valence-electron chi connectivity index (χ3n) is 7.62. The van der Waals surface area contributed by atoms with Crippen LogP contribution in [0.4, 0.5) is 0 Å². The maximum Gasteiger partial charge on any atom is 0.351 e. The van der Waals surface area contributed by atoms with E-state index in [9.17, 15) is 19.5 Å². The van der Waals surface area contributed by atoms with E-state index in [1.165, 1.54) is 56.4 Å². The molecule has 0 saturated heterocycles. The van der Waals surface area contributed by atoms with E-state index in [0.29, 0.717) is 13.0 Å². The summed E-state index contributed by atoms with van der Waals surface area (Å²) in [5, 5.41) is 9.17. The van der Waals surface area contributed by atoms with E-state index in [-0.39, 0.29) is 28.4 Å². The number of rotatable bonds is 15. The van der Waals surface area contributed by atoms with Crippen LogP contribution in [-0.4, -0.2) is 29.6 Å². The minimum absolute atomic E-state index is 0.0248. The molecular weight excluding hydrogens is 532 g/mol. The predicted molar refractivity (Wildman–Crippen MR) is 161 cm³/mol. The molecule has 1 unspecified atom stereocenters. The van der Waals surface area contributed by atoms with Gasteiger partial charge in [-0.15, -0.1) is 0 Å². The van der Waals surface area contributed by atoms with Crippen LogP contribution in [0, 0.1) is 0 Å². The molecule has 3 aromatic rings. The number of carboxylic acid groups (broad SMARTS) is 1. The summed E-state index contributed by atoms with van der Waals surface area (Å²) in [6.45, 7) is 2.62. The van der Waals surface area contributed by atoms with Crippen LogP contribution in [0.3, 0.4) is 0 Å². The van der Waals surface area contributed by atoms with Crippen molar-refractivity contribution in [2.45, 2.75) is 83.5 Å². The zero-order valence-corrected chi connectivity index (χ0v) is 24.3. The zero-order valence-electron chi connectivity index (χ0n) is 24.3. The SMILES string of the molecule is CCCCCCCCCCOc1cccc(OC(=O)C2CCCc3ccccc32)c1C(=O)Oc1ccc(C(=O)O)cc1. The second-order valence-electron chi connectivity index (χ2n) is 10.7. The standard InChI is InChI=1S/C35H40O7/c1-2-3-4-5-6-7-8-11-24-40-30-18-13-19-31(32(30)35(39)41-27-22-20-26(21-23-27)33(36)37)42-34(38)29-17-12-15-25-14-9-10-16-28(25)29/h9-10,13-14,16,18-23,29H,2-8,11-12,15,17,24H2,1H3,(H,36,37). The Morgan fingerprint density at radius 3 is 2.21 bits per heavy atom. The summed E-state index contributed by atoms with van der Waals surface area (Å²) in [5.74, 6) is -2.17. The first-order valence-electron chi connectivity index (χ1n) is 15.1. The van der Waals surface area contributed by atoms with E-state index in [2.05, 4.69) is 6.92 Å². The van der Waals surface area contributed by atoms with Gasteiger partial charge in [-0.3, -0.25) is 4.79 Å². The number of aromatic carboxylic acids is 1. The number of carboxylic acids is 1. The zero-order chi connectivity index (χ0) is 29.7. The second kappa shape index (κ2) is 15.8. The van der Waals surface area contributed by atoms with Gasteiger partial charge in [0.2, 0.25) is 0 Å². The summed E-state index contributed by atoms with van der Waals surface area (Å²) in [5.41, 5.74) is 2.19. The van der Waals surface area contributed by atoms with Gasteiger partial charge in [-0.1, -0.05) is 82.2 Å². The molecule has 7 nitrogen and oxygen atoms in total. The van der Waals surface area contributed by atoms with E-state index < -0.39 is 23.8 Å². The number of ether oxygens (including phenoxy) is 3. The molecule has 1 atom stereocenters. The summed E-state index contributed by atoms with van der Waals surface area (Å²) in [6, 6.07) is 18.4. The van der Waals surface area contributed by atoms with Gasteiger partial charge in [0.15, 0.2) is 0 Å². The number of hydrogen-bond donors (Lipinski definition) is 1. The van der Waals surface area contributed by atoms with Crippen LogP contribution >= 0.6 is 0 Å². The number of carbonyl (C=O) groups is 3. The van der Waals surface area contributed by atoms with Crippen LogP contribution in [0.1, 0.15) is 109 Å². The van der Waals surface area contributed by atoms with E-state index in [0.717, 1.165) is 43.2 Å². The van der Waals surface area contributed by atoms with Crippen LogP contribution in [0.15, 0.2) is 66.7 Å². The molecule has 42 heavy (non-hydrogen) atoms. The molecule has 0 spiro atoms. The van der Waals surface area contributed by atoms with Crippen molar-refractivity contribution in [3.8, 4) is 17.2 Å². The van der Waals surface area contributed by atoms with Crippen molar-refractivity contribution in [3.05, 3.63) is 89.0 Å². The van der Waals surface area contributed by atoms with Gasteiger partial charge in [-0.05, 0) is 73.2 Å². The molecule has 0 saturated carbocycles. The Hall–Kier alpha value is -4.13. The van der Waals surface area contributed by atoms with Gasteiger partial charge in [0.25, 0.3) is 0 Å². The van der Waals surface area contributed by atoms with Gasteiger partial charge < -0.3 is 19.3 Å². The molecule has 3 aromatic carbocycles. The highest BCUT2D eigenvalue weighted by Gasteiger charge is 2.30. The Labute approximate surface area is 247 Å². The first kappa shape index (κ1) is 30.8. The Kier molecular flexibility index (Phi) is 11.6. The monoisotopic (exact) mass is 572 g/mol. The van der Waals surface area contributed by atoms with Crippen molar-refractivity contribution >= 4 is 17.9 Å². The van der Waals surface area contributed by atoms with E-state index >= 15 is 0 Å². The summed E-state index contributed by atoms with van der Waals surface area (Å²) in [4.78, 5) is 38.1. The van der Waals surface area contributed by atoms with E-state index in [1.54, 1.807) is 18.2 Å². The second-order valence-corrected chi connectivity index (χ2v) is 10.7. The molecule has 0 radical (unpaired) electrons. The molecular formula is C35H40O7. The van der Waals surface area contributed by atoms with Crippen molar-refractivity contribution in [1.29, 1.82) is 0 Å². The maximum atomic E-state index is 13.5.